The molecule has 2 amide bonds. The highest BCUT2D eigenvalue weighted by molar-refractivity contribution is 8.03. The summed E-state index contributed by atoms with van der Waals surface area (Å²) in [6.07, 6.45) is -0.148. The van der Waals surface area contributed by atoms with Crippen LogP contribution in [0.25, 0.3) is 0 Å². The van der Waals surface area contributed by atoms with Crippen LogP contribution in [-0.4, -0.2) is 106 Å². The third-order valence-corrected chi connectivity index (χ3v) is 8.32. The number of nitrogens with zero attached hydrogens (tertiary/aromatic N) is 3. The molecule has 3 saturated heterocycles. The lowest BCUT2D eigenvalue weighted by atomic mass is 9.79. The summed E-state index contributed by atoms with van der Waals surface area (Å²) in [5, 5.41) is 23.1. The Bertz CT molecular complexity index is 781. The first kappa shape index (κ1) is 21.6. The normalized spacial score (nSPS) is 35.5. The number of amides is 2. The third kappa shape index (κ3) is 3.43. The Balaban J connectivity index is 1.49. The maximum absolute atomic E-state index is 13.0. The van der Waals surface area contributed by atoms with Gasteiger partial charge in [-0.2, -0.15) is 0 Å². The number of hydrogen-bond donors (Lipinski definition) is 3. The van der Waals surface area contributed by atoms with E-state index in [-0.39, 0.29) is 40.8 Å². The predicted octanol–water partition coefficient (Wildman–Crippen LogP) is -0.622. The van der Waals surface area contributed by atoms with Gasteiger partial charge in [-0.1, -0.05) is 6.92 Å². The van der Waals surface area contributed by atoms with Gasteiger partial charge in [-0.15, -0.1) is 11.8 Å². The summed E-state index contributed by atoms with van der Waals surface area (Å²) in [6.45, 7) is 7.24. The minimum atomic E-state index is -1.11. The van der Waals surface area contributed by atoms with E-state index in [9.17, 15) is 24.6 Å². The van der Waals surface area contributed by atoms with Gasteiger partial charge in [0, 0.05) is 48.8 Å². The number of hydrogen-bond acceptors (Lipinski definition) is 7. The minimum Gasteiger partial charge on any atom is -0.477 e. The lowest BCUT2D eigenvalue weighted by Crippen LogP contribution is -2.63. The monoisotopic (exact) mass is 438 g/mol. The third-order valence-electron chi connectivity index (χ3n) is 6.83. The fourth-order valence-electron chi connectivity index (χ4n) is 5.28. The van der Waals surface area contributed by atoms with Crippen LogP contribution in [0, 0.1) is 11.8 Å². The molecule has 4 heterocycles. The molecule has 3 fully saturated rings. The topological polar surface area (TPSA) is 113 Å². The number of thioether (sulfide) groups is 1. The molecule has 0 bridgehead atoms. The second-order valence-corrected chi connectivity index (χ2v) is 10.1. The van der Waals surface area contributed by atoms with Crippen LogP contribution in [0.5, 0.6) is 0 Å². The minimum absolute atomic E-state index is 0.0546. The van der Waals surface area contributed by atoms with Crippen molar-refractivity contribution in [1.82, 2.24) is 20.0 Å². The molecule has 0 saturated carbocycles. The number of β-lactam (4-membered cyclic amide) rings is 1. The van der Waals surface area contributed by atoms with Gasteiger partial charge in [0.05, 0.1) is 24.1 Å². The number of carbonyl (C=O) groups excluding carboxylic acids is 2. The fraction of sp³-hybridized carbons (Fsp3) is 0.750. The van der Waals surface area contributed by atoms with Crippen LogP contribution in [0.1, 0.15) is 20.3 Å². The van der Waals surface area contributed by atoms with Gasteiger partial charge in [0.1, 0.15) is 5.70 Å². The molecule has 0 spiro atoms. The number of aliphatic hydroxyl groups is 1. The van der Waals surface area contributed by atoms with E-state index >= 15 is 0 Å². The number of likely N-dealkylation sites (tertiary alicyclic amines) is 1. The number of nitrogens with one attached hydrogen (secondary N) is 1. The molecule has 0 radical (unpaired) electrons. The van der Waals surface area contributed by atoms with Crippen LogP contribution in [0.15, 0.2) is 10.6 Å². The van der Waals surface area contributed by atoms with Crippen LogP contribution in [0.4, 0.5) is 0 Å². The highest BCUT2D eigenvalue weighted by Crippen LogP contribution is 2.52. The molecule has 0 aromatic rings. The molecule has 0 aromatic heterocycles. The van der Waals surface area contributed by atoms with Crippen molar-refractivity contribution in [3.05, 3.63) is 10.6 Å². The van der Waals surface area contributed by atoms with Crippen molar-refractivity contribution >= 4 is 29.5 Å². The first-order valence-corrected chi connectivity index (χ1v) is 11.4. The van der Waals surface area contributed by atoms with Crippen molar-refractivity contribution in [2.45, 2.75) is 43.7 Å². The van der Waals surface area contributed by atoms with Gasteiger partial charge in [0.15, 0.2) is 0 Å². The quantitative estimate of drug-likeness (QED) is 0.487. The van der Waals surface area contributed by atoms with E-state index in [1.165, 1.54) is 16.7 Å². The number of fused-ring (bicyclic) bond motifs is 1. The molecule has 10 heteroatoms. The zero-order chi connectivity index (χ0) is 21.7. The van der Waals surface area contributed by atoms with Gasteiger partial charge in [-0.3, -0.25) is 14.5 Å². The van der Waals surface area contributed by atoms with Gasteiger partial charge < -0.3 is 25.3 Å². The molecule has 9 nitrogen and oxygen atoms in total. The summed E-state index contributed by atoms with van der Waals surface area (Å²) in [4.78, 5) is 43.5. The lowest BCUT2D eigenvalue weighted by Gasteiger charge is -2.46. The molecular formula is C20H30N4O5S. The Morgan fingerprint density at radius 3 is 2.53 bits per heavy atom. The highest BCUT2D eigenvalue weighted by atomic mass is 32.2. The Kier molecular flexibility index (Phi) is 5.86. The molecule has 6 atom stereocenters. The van der Waals surface area contributed by atoms with E-state index in [0.29, 0.717) is 31.0 Å². The van der Waals surface area contributed by atoms with Crippen LogP contribution >= 0.6 is 11.8 Å². The summed E-state index contributed by atoms with van der Waals surface area (Å²) >= 11 is 1.49. The van der Waals surface area contributed by atoms with Crippen LogP contribution in [0.3, 0.4) is 0 Å². The number of likely N-dealkylation sites (N-methyl/N-ethyl adjacent to an activating group) is 1. The summed E-state index contributed by atoms with van der Waals surface area (Å²) in [6, 6.07) is -0.501. The number of aliphatic carboxylic acids is 1. The molecular weight excluding hydrogens is 408 g/mol. The highest BCUT2D eigenvalue weighted by Gasteiger charge is 2.60. The van der Waals surface area contributed by atoms with Crippen LogP contribution < -0.4 is 5.32 Å². The van der Waals surface area contributed by atoms with Crippen molar-refractivity contribution in [2.75, 3.05) is 39.8 Å². The maximum atomic E-state index is 13.0. The van der Waals surface area contributed by atoms with E-state index in [1.54, 1.807) is 6.92 Å². The fourth-order valence-corrected chi connectivity index (χ4v) is 6.88. The Morgan fingerprint density at radius 1 is 1.27 bits per heavy atom. The second-order valence-electron chi connectivity index (χ2n) is 8.78. The van der Waals surface area contributed by atoms with Crippen LogP contribution in [0.2, 0.25) is 0 Å². The van der Waals surface area contributed by atoms with Gasteiger partial charge in [-0.25, -0.2) is 4.79 Å². The Hall–Kier alpha value is -1.62. The number of rotatable bonds is 5. The zero-order valence-corrected chi connectivity index (χ0v) is 18.4. The van der Waals surface area contributed by atoms with Crippen molar-refractivity contribution in [3.8, 4) is 0 Å². The van der Waals surface area contributed by atoms with E-state index in [2.05, 4.69) is 10.2 Å². The number of piperazine rings is 1. The van der Waals surface area contributed by atoms with Crippen molar-refractivity contribution in [3.63, 3.8) is 0 Å². The summed E-state index contributed by atoms with van der Waals surface area (Å²) in [7, 11) is 1.94. The standard InChI is InChI=1S/C20H30N4O5S/c1-10-15-14(11(2)25)19(27)24(15)16(20(28)29)17(10)30-12-8-13(22(3)9-12)18(26)23-6-4-21-5-7-23/h10-15,21,25H,4-9H2,1-3H3,(H,28,29)/t10-,11?,12+,13+,14-,15-/m1/s1. The van der Waals surface area contributed by atoms with Crippen molar-refractivity contribution in [2.24, 2.45) is 11.8 Å². The van der Waals surface area contributed by atoms with Gasteiger partial charge in [0.2, 0.25) is 11.8 Å². The zero-order valence-electron chi connectivity index (χ0n) is 17.6. The molecule has 4 rings (SSSR count). The number of carbonyl (C=O) groups is 3. The van der Waals surface area contributed by atoms with Crippen molar-refractivity contribution < 1.29 is 24.6 Å². The molecule has 3 N–H and O–H groups in total. The average Bonchev–Trinajstić information content (AvgIpc) is 3.18. The summed E-state index contributed by atoms with van der Waals surface area (Å²) < 4.78 is 0. The number of aliphatic hydroxyl groups excluding tert-OH is 1. The van der Waals surface area contributed by atoms with Crippen LogP contribution in [-0.2, 0) is 14.4 Å². The SMILES string of the molecule is CC(O)[C@H]1C(=O)N2C(C(=O)O)=C(S[C@H]3C[C@@H](C(=O)N4CCNCC4)N(C)C3)[C@H](C)[C@H]12. The predicted molar refractivity (Wildman–Crippen MR) is 111 cm³/mol. The lowest BCUT2D eigenvalue weighted by molar-refractivity contribution is -0.163. The first-order chi connectivity index (χ1) is 14.2. The molecule has 4 aliphatic heterocycles. The summed E-state index contributed by atoms with van der Waals surface area (Å²) in [5.74, 6) is -1.98. The first-order valence-electron chi connectivity index (χ1n) is 10.6. The second kappa shape index (κ2) is 8.14. The van der Waals surface area contributed by atoms with E-state index in [0.717, 1.165) is 13.1 Å². The van der Waals surface area contributed by atoms with Crippen molar-refractivity contribution in [1.29, 1.82) is 0 Å². The molecule has 0 aromatic carbocycles. The molecule has 166 valence electrons. The molecule has 1 unspecified atom stereocenters. The van der Waals surface area contributed by atoms with E-state index in [4.69, 9.17) is 0 Å². The summed E-state index contributed by atoms with van der Waals surface area (Å²) in [5.41, 5.74) is 0.0546. The maximum Gasteiger partial charge on any atom is 0.353 e. The van der Waals surface area contributed by atoms with E-state index in [1.807, 2.05) is 18.9 Å². The average molecular weight is 439 g/mol. The Labute approximate surface area is 180 Å². The van der Waals surface area contributed by atoms with E-state index < -0.39 is 18.0 Å². The van der Waals surface area contributed by atoms with Gasteiger partial charge >= 0.3 is 5.97 Å². The number of carboxylic acids is 1. The number of carboxylic acid groups (broad SMARTS) is 1. The smallest absolute Gasteiger partial charge is 0.353 e. The molecule has 30 heavy (non-hydrogen) atoms. The largest absolute Gasteiger partial charge is 0.477 e. The van der Waals surface area contributed by atoms with Gasteiger partial charge in [0.25, 0.3) is 0 Å². The molecule has 4 aliphatic rings. The van der Waals surface area contributed by atoms with Gasteiger partial charge in [-0.05, 0) is 20.4 Å². The molecule has 0 aliphatic carbocycles. The Morgan fingerprint density at radius 2 is 1.93 bits per heavy atom.